The molecule has 0 atom stereocenters. The van der Waals surface area contributed by atoms with Gasteiger partial charge in [-0.3, -0.25) is 9.40 Å². The molecule has 0 bridgehead atoms. The number of hydrogen-bond acceptors (Lipinski definition) is 8. The highest BCUT2D eigenvalue weighted by Gasteiger charge is 2.15. The summed E-state index contributed by atoms with van der Waals surface area (Å²) in [5.41, 5.74) is 2.73. The SMILES string of the molecule is CCc1nn(C)c(Nc2ncc(Cl)c(Nc3ccc(OC)cc3NS(C)(=O)=O)n2)c1C. The summed E-state index contributed by atoms with van der Waals surface area (Å²) in [5, 5.41) is 11.0. The maximum absolute atomic E-state index is 11.8. The molecule has 3 rings (SSSR count). The van der Waals surface area contributed by atoms with E-state index in [2.05, 4.69) is 30.4 Å². The molecule has 0 radical (unpaired) electrons. The summed E-state index contributed by atoms with van der Waals surface area (Å²) < 4.78 is 32.9. The molecule has 2 heterocycles. The van der Waals surface area contributed by atoms with Crippen molar-refractivity contribution < 1.29 is 13.2 Å². The molecule has 0 amide bonds. The number of hydrogen-bond donors (Lipinski definition) is 3. The Morgan fingerprint density at radius 1 is 1.23 bits per heavy atom. The standard InChI is InChI=1S/C19H24ClN7O3S/c1-6-14-11(2)18(27(3)25-14)24-19-21-10-13(20)17(23-19)22-15-8-7-12(30-4)9-16(15)26-31(5,28)29/h7-10,26H,6H2,1-5H3,(H2,21,22,23,24). The summed E-state index contributed by atoms with van der Waals surface area (Å²) >= 11 is 6.29. The Morgan fingerprint density at radius 2 is 1.97 bits per heavy atom. The number of sulfonamides is 1. The van der Waals surface area contributed by atoms with Crippen LogP contribution in [0.15, 0.2) is 24.4 Å². The van der Waals surface area contributed by atoms with E-state index in [4.69, 9.17) is 16.3 Å². The van der Waals surface area contributed by atoms with Crippen molar-refractivity contribution in [2.24, 2.45) is 7.05 Å². The molecule has 0 saturated heterocycles. The highest BCUT2D eigenvalue weighted by molar-refractivity contribution is 7.92. The lowest BCUT2D eigenvalue weighted by molar-refractivity contribution is 0.415. The van der Waals surface area contributed by atoms with Crippen LogP contribution in [0.25, 0.3) is 0 Å². The van der Waals surface area contributed by atoms with E-state index in [0.29, 0.717) is 28.9 Å². The zero-order valence-corrected chi connectivity index (χ0v) is 19.4. The molecular weight excluding hydrogens is 442 g/mol. The van der Waals surface area contributed by atoms with E-state index in [0.717, 1.165) is 29.8 Å². The number of halogens is 1. The lowest BCUT2D eigenvalue weighted by Crippen LogP contribution is -2.12. The van der Waals surface area contributed by atoms with Crippen molar-refractivity contribution >= 4 is 50.6 Å². The van der Waals surface area contributed by atoms with E-state index in [9.17, 15) is 8.42 Å². The number of rotatable bonds is 8. The molecule has 12 heteroatoms. The summed E-state index contributed by atoms with van der Waals surface area (Å²) in [7, 11) is -0.185. The van der Waals surface area contributed by atoms with Gasteiger partial charge in [-0.15, -0.1) is 0 Å². The van der Waals surface area contributed by atoms with Gasteiger partial charge in [0.15, 0.2) is 5.82 Å². The highest BCUT2D eigenvalue weighted by Crippen LogP contribution is 2.32. The van der Waals surface area contributed by atoms with Crippen molar-refractivity contribution in [2.75, 3.05) is 28.7 Å². The number of anilines is 5. The predicted molar refractivity (Wildman–Crippen MR) is 122 cm³/mol. The number of aromatic nitrogens is 4. The Bertz CT molecular complexity index is 1210. The van der Waals surface area contributed by atoms with E-state index in [1.54, 1.807) is 22.9 Å². The van der Waals surface area contributed by atoms with Crippen LogP contribution in [-0.2, 0) is 23.5 Å². The average Bonchev–Trinajstić information content (AvgIpc) is 2.98. The monoisotopic (exact) mass is 465 g/mol. The van der Waals surface area contributed by atoms with Crippen molar-refractivity contribution in [3.63, 3.8) is 0 Å². The van der Waals surface area contributed by atoms with E-state index in [1.807, 2.05) is 20.9 Å². The van der Waals surface area contributed by atoms with Crippen LogP contribution in [-0.4, -0.2) is 41.5 Å². The smallest absolute Gasteiger partial charge is 0.230 e. The van der Waals surface area contributed by atoms with Gasteiger partial charge < -0.3 is 15.4 Å². The number of methoxy groups -OCH3 is 1. The van der Waals surface area contributed by atoms with Gasteiger partial charge in [-0.1, -0.05) is 18.5 Å². The maximum Gasteiger partial charge on any atom is 0.230 e. The van der Waals surface area contributed by atoms with E-state index < -0.39 is 10.0 Å². The minimum atomic E-state index is -3.52. The van der Waals surface area contributed by atoms with Gasteiger partial charge in [-0.2, -0.15) is 10.1 Å². The number of aryl methyl sites for hydroxylation is 2. The van der Waals surface area contributed by atoms with Crippen LogP contribution in [0.3, 0.4) is 0 Å². The second kappa shape index (κ2) is 8.98. The fraction of sp³-hybridized carbons (Fsp3) is 0.316. The molecule has 10 nitrogen and oxygen atoms in total. The molecule has 1 aromatic carbocycles. The normalized spacial score (nSPS) is 11.3. The minimum Gasteiger partial charge on any atom is -0.497 e. The number of nitrogens with one attached hydrogen (secondary N) is 3. The Hall–Kier alpha value is -3.05. The Kier molecular flexibility index (Phi) is 6.56. The van der Waals surface area contributed by atoms with Crippen LogP contribution in [0.2, 0.25) is 5.02 Å². The summed E-state index contributed by atoms with van der Waals surface area (Å²) in [6, 6.07) is 4.91. The molecule has 0 spiro atoms. The molecule has 31 heavy (non-hydrogen) atoms. The quantitative estimate of drug-likeness (QED) is 0.461. The first kappa shape index (κ1) is 22.6. The second-order valence-corrected chi connectivity index (χ2v) is 8.98. The maximum atomic E-state index is 11.8. The van der Waals surface area contributed by atoms with Gasteiger partial charge in [0.1, 0.15) is 16.6 Å². The molecule has 0 unspecified atom stereocenters. The topological polar surface area (TPSA) is 123 Å². The molecule has 2 aromatic heterocycles. The van der Waals surface area contributed by atoms with Gasteiger partial charge >= 0.3 is 0 Å². The molecule has 166 valence electrons. The van der Waals surface area contributed by atoms with Crippen LogP contribution in [0, 0.1) is 6.92 Å². The molecular formula is C19H24ClN7O3S. The Morgan fingerprint density at radius 3 is 2.58 bits per heavy atom. The van der Waals surface area contributed by atoms with Crippen molar-refractivity contribution in [3.8, 4) is 5.75 Å². The van der Waals surface area contributed by atoms with Gasteiger partial charge in [0, 0.05) is 18.7 Å². The number of ether oxygens (including phenoxy) is 1. The predicted octanol–water partition coefficient (Wildman–Crippen LogP) is 3.60. The van der Waals surface area contributed by atoms with Crippen molar-refractivity contribution in [3.05, 3.63) is 40.7 Å². The van der Waals surface area contributed by atoms with Crippen LogP contribution < -0.4 is 20.1 Å². The zero-order valence-electron chi connectivity index (χ0n) is 17.8. The summed E-state index contributed by atoms with van der Waals surface area (Å²) in [4.78, 5) is 8.68. The summed E-state index contributed by atoms with van der Waals surface area (Å²) in [6.07, 6.45) is 3.33. The van der Waals surface area contributed by atoms with Gasteiger partial charge in [0.2, 0.25) is 16.0 Å². The molecule has 3 N–H and O–H groups in total. The third kappa shape index (κ3) is 5.36. The number of nitrogens with zero attached hydrogens (tertiary/aromatic N) is 4. The van der Waals surface area contributed by atoms with E-state index in [1.165, 1.54) is 13.3 Å². The number of benzene rings is 1. The fourth-order valence-corrected chi connectivity index (χ4v) is 3.69. The van der Waals surface area contributed by atoms with Crippen LogP contribution >= 0.6 is 11.6 Å². The third-order valence-electron chi connectivity index (χ3n) is 4.47. The van der Waals surface area contributed by atoms with Crippen molar-refractivity contribution in [1.29, 1.82) is 0 Å². The van der Waals surface area contributed by atoms with Gasteiger partial charge in [0.25, 0.3) is 0 Å². The lowest BCUT2D eigenvalue weighted by atomic mass is 10.2. The first-order valence-corrected chi connectivity index (χ1v) is 11.6. The molecule has 0 aliphatic heterocycles. The average molecular weight is 466 g/mol. The summed E-state index contributed by atoms with van der Waals surface area (Å²) in [6.45, 7) is 4.01. The minimum absolute atomic E-state index is 0.266. The zero-order chi connectivity index (χ0) is 22.8. The van der Waals surface area contributed by atoms with Gasteiger partial charge in [-0.25, -0.2) is 13.4 Å². The highest BCUT2D eigenvalue weighted by atomic mass is 35.5. The Balaban J connectivity index is 1.94. The van der Waals surface area contributed by atoms with Crippen molar-refractivity contribution in [1.82, 2.24) is 19.7 Å². The first-order chi connectivity index (χ1) is 14.6. The fourth-order valence-electron chi connectivity index (χ4n) is 2.99. The van der Waals surface area contributed by atoms with Crippen LogP contribution in [0.5, 0.6) is 5.75 Å². The first-order valence-electron chi connectivity index (χ1n) is 9.36. The Labute approximate surface area is 186 Å². The van der Waals surface area contributed by atoms with Crippen molar-refractivity contribution in [2.45, 2.75) is 20.3 Å². The largest absolute Gasteiger partial charge is 0.497 e. The lowest BCUT2D eigenvalue weighted by Gasteiger charge is -2.15. The molecule has 0 fully saturated rings. The molecule has 0 aliphatic rings. The molecule has 0 aliphatic carbocycles. The van der Waals surface area contributed by atoms with Crippen LogP contribution in [0.1, 0.15) is 18.2 Å². The van der Waals surface area contributed by atoms with Crippen LogP contribution in [0.4, 0.5) is 29.0 Å². The third-order valence-corrected chi connectivity index (χ3v) is 5.33. The molecule has 0 saturated carbocycles. The molecule has 3 aromatic rings. The van der Waals surface area contributed by atoms with Gasteiger partial charge in [-0.05, 0) is 25.5 Å². The summed E-state index contributed by atoms with van der Waals surface area (Å²) in [5.74, 6) is 1.88. The van der Waals surface area contributed by atoms with E-state index >= 15 is 0 Å². The van der Waals surface area contributed by atoms with E-state index in [-0.39, 0.29) is 5.02 Å². The second-order valence-electron chi connectivity index (χ2n) is 6.82. The van der Waals surface area contributed by atoms with Gasteiger partial charge in [0.05, 0.1) is 36.6 Å².